The Balaban J connectivity index is 1.86. The largest absolute Gasteiger partial charge is 0.383 e. The third-order valence-corrected chi connectivity index (χ3v) is 4.26. The van der Waals surface area contributed by atoms with Gasteiger partial charge in [-0.2, -0.15) is 0 Å². The van der Waals surface area contributed by atoms with Crippen LogP contribution in [0, 0.1) is 16.0 Å². The van der Waals surface area contributed by atoms with E-state index in [2.05, 4.69) is 10.6 Å². The first-order chi connectivity index (χ1) is 12.4. The molecule has 0 fully saturated rings. The molecule has 0 spiro atoms. The second kappa shape index (κ2) is 9.20. The Kier molecular flexibility index (Phi) is 6.97. The molecule has 1 amide bonds. The summed E-state index contributed by atoms with van der Waals surface area (Å²) in [5.41, 5.74) is 1.75. The van der Waals surface area contributed by atoms with Crippen LogP contribution in [-0.4, -0.2) is 23.9 Å². The van der Waals surface area contributed by atoms with E-state index in [1.54, 1.807) is 24.3 Å². The number of nitro groups is 1. The monoisotopic (exact) mass is 375 g/mol. The van der Waals surface area contributed by atoms with Crippen LogP contribution in [-0.2, 0) is 4.79 Å². The number of hydrogen-bond donors (Lipinski definition) is 2. The smallest absolute Gasteiger partial charge is 0.269 e. The Morgan fingerprint density at radius 3 is 2.23 bits per heavy atom. The highest BCUT2D eigenvalue weighted by molar-refractivity contribution is 6.30. The van der Waals surface area contributed by atoms with Gasteiger partial charge in [0.1, 0.15) is 0 Å². The first-order valence-corrected chi connectivity index (χ1v) is 8.78. The van der Waals surface area contributed by atoms with Crippen molar-refractivity contribution in [3.8, 4) is 0 Å². The highest BCUT2D eigenvalue weighted by Crippen LogP contribution is 2.26. The van der Waals surface area contributed by atoms with Gasteiger partial charge in [0.15, 0.2) is 0 Å². The van der Waals surface area contributed by atoms with Gasteiger partial charge in [-0.3, -0.25) is 14.9 Å². The molecule has 0 unspecified atom stereocenters. The molecule has 2 rings (SSSR count). The van der Waals surface area contributed by atoms with Crippen molar-refractivity contribution in [1.82, 2.24) is 5.32 Å². The fraction of sp³-hybridized carbons (Fsp3) is 0.316. The van der Waals surface area contributed by atoms with E-state index >= 15 is 0 Å². The molecule has 1 atom stereocenters. The van der Waals surface area contributed by atoms with E-state index in [9.17, 15) is 14.9 Å². The van der Waals surface area contributed by atoms with Crippen LogP contribution in [0.1, 0.15) is 25.3 Å². The van der Waals surface area contributed by atoms with Crippen molar-refractivity contribution in [3.63, 3.8) is 0 Å². The molecule has 138 valence electrons. The number of benzene rings is 2. The van der Waals surface area contributed by atoms with Crippen LogP contribution >= 0.6 is 11.6 Å². The average molecular weight is 376 g/mol. The Morgan fingerprint density at radius 2 is 1.69 bits per heavy atom. The number of nitro benzene ring substituents is 1. The SMILES string of the molecule is CC(C)[C@H](C(=O)NCCNc1ccc([N+](=O)[O-])cc1)c1ccc(Cl)cc1. The van der Waals surface area contributed by atoms with Gasteiger partial charge in [-0.25, -0.2) is 0 Å². The van der Waals surface area contributed by atoms with Gasteiger partial charge in [0.2, 0.25) is 5.91 Å². The summed E-state index contributed by atoms with van der Waals surface area (Å²) < 4.78 is 0. The molecule has 0 heterocycles. The first kappa shape index (κ1) is 19.7. The van der Waals surface area contributed by atoms with Gasteiger partial charge >= 0.3 is 0 Å². The molecule has 0 aliphatic heterocycles. The van der Waals surface area contributed by atoms with E-state index in [1.807, 2.05) is 26.0 Å². The van der Waals surface area contributed by atoms with Crippen molar-refractivity contribution in [2.45, 2.75) is 19.8 Å². The minimum absolute atomic E-state index is 0.0344. The maximum absolute atomic E-state index is 12.6. The van der Waals surface area contributed by atoms with E-state index in [0.717, 1.165) is 11.3 Å². The number of carbonyl (C=O) groups is 1. The number of non-ortho nitro benzene ring substituents is 1. The van der Waals surface area contributed by atoms with Crippen LogP contribution in [0.4, 0.5) is 11.4 Å². The van der Waals surface area contributed by atoms with Crippen molar-refractivity contribution in [1.29, 1.82) is 0 Å². The van der Waals surface area contributed by atoms with Gasteiger partial charge < -0.3 is 10.6 Å². The Hall–Kier alpha value is -2.60. The molecule has 0 bridgehead atoms. The summed E-state index contributed by atoms with van der Waals surface area (Å²) in [6.07, 6.45) is 0. The number of carbonyl (C=O) groups excluding carboxylic acids is 1. The van der Waals surface area contributed by atoms with Crippen LogP contribution in [0.15, 0.2) is 48.5 Å². The van der Waals surface area contributed by atoms with E-state index in [4.69, 9.17) is 11.6 Å². The topological polar surface area (TPSA) is 84.3 Å². The zero-order valence-electron chi connectivity index (χ0n) is 14.7. The zero-order valence-corrected chi connectivity index (χ0v) is 15.5. The number of anilines is 1. The normalized spacial score (nSPS) is 11.8. The number of amides is 1. The third-order valence-electron chi connectivity index (χ3n) is 4.01. The van der Waals surface area contributed by atoms with Gasteiger partial charge in [-0.05, 0) is 35.7 Å². The lowest BCUT2D eigenvalue weighted by Gasteiger charge is -2.21. The zero-order chi connectivity index (χ0) is 19.1. The fourth-order valence-electron chi connectivity index (χ4n) is 2.71. The van der Waals surface area contributed by atoms with Crippen molar-refractivity contribution < 1.29 is 9.72 Å². The standard InChI is InChI=1S/C19H22ClN3O3/c1-13(2)18(14-3-5-15(20)6-4-14)19(24)22-12-11-21-16-7-9-17(10-8-16)23(25)26/h3-10,13,18,21H,11-12H2,1-2H3,(H,22,24)/t18-/m0/s1. The molecule has 0 saturated heterocycles. The highest BCUT2D eigenvalue weighted by Gasteiger charge is 2.23. The van der Waals surface area contributed by atoms with Crippen LogP contribution in [0.5, 0.6) is 0 Å². The summed E-state index contributed by atoms with van der Waals surface area (Å²) in [5, 5.41) is 17.3. The molecule has 26 heavy (non-hydrogen) atoms. The number of hydrogen-bond acceptors (Lipinski definition) is 4. The molecule has 0 aromatic heterocycles. The summed E-state index contributed by atoms with van der Waals surface area (Å²) in [7, 11) is 0. The second-order valence-electron chi connectivity index (χ2n) is 6.30. The lowest BCUT2D eigenvalue weighted by molar-refractivity contribution is -0.384. The molecule has 2 N–H and O–H groups in total. The molecule has 0 saturated carbocycles. The van der Waals surface area contributed by atoms with Gasteiger partial charge in [0, 0.05) is 35.9 Å². The predicted octanol–water partition coefficient (Wildman–Crippen LogP) is 4.22. The molecule has 0 aliphatic rings. The van der Waals surface area contributed by atoms with Crippen LogP contribution < -0.4 is 10.6 Å². The lowest BCUT2D eigenvalue weighted by Crippen LogP contribution is -2.35. The fourth-order valence-corrected chi connectivity index (χ4v) is 2.84. The molecule has 0 radical (unpaired) electrons. The van der Waals surface area contributed by atoms with Crippen LogP contribution in [0.2, 0.25) is 5.02 Å². The second-order valence-corrected chi connectivity index (χ2v) is 6.73. The number of halogens is 1. The van der Waals surface area contributed by atoms with Gasteiger partial charge in [-0.1, -0.05) is 37.6 Å². The average Bonchev–Trinajstić information content (AvgIpc) is 2.60. The Bertz CT molecular complexity index is 746. The maximum atomic E-state index is 12.6. The predicted molar refractivity (Wildman–Crippen MR) is 104 cm³/mol. The number of nitrogens with one attached hydrogen (secondary N) is 2. The first-order valence-electron chi connectivity index (χ1n) is 8.40. The van der Waals surface area contributed by atoms with Crippen molar-refractivity contribution in [2.24, 2.45) is 5.92 Å². The van der Waals surface area contributed by atoms with Crippen molar-refractivity contribution in [3.05, 3.63) is 69.2 Å². The number of nitrogens with zero attached hydrogens (tertiary/aromatic N) is 1. The molecule has 0 aliphatic carbocycles. The van der Waals surface area contributed by atoms with Crippen LogP contribution in [0.3, 0.4) is 0 Å². The molecular weight excluding hydrogens is 354 g/mol. The molecular formula is C19H22ClN3O3. The third kappa shape index (κ3) is 5.46. The summed E-state index contributed by atoms with van der Waals surface area (Å²) in [5.74, 6) is -0.127. The van der Waals surface area contributed by atoms with E-state index in [-0.39, 0.29) is 23.4 Å². The van der Waals surface area contributed by atoms with Gasteiger partial charge in [0.05, 0.1) is 10.8 Å². The van der Waals surface area contributed by atoms with Crippen molar-refractivity contribution >= 4 is 28.9 Å². The molecule has 6 nitrogen and oxygen atoms in total. The van der Waals surface area contributed by atoms with E-state index in [1.165, 1.54) is 12.1 Å². The Labute approximate surface area is 157 Å². The van der Waals surface area contributed by atoms with Crippen LogP contribution in [0.25, 0.3) is 0 Å². The minimum Gasteiger partial charge on any atom is -0.383 e. The number of rotatable bonds is 8. The summed E-state index contributed by atoms with van der Waals surface area (Å²) in [6.45, 7) is 4.99. The molecule has 2 aromatic carbocycles. The van der Waals surface area contributed by atoms with Gasteiger partial charge in [0.25, 0.3) is 5.69 Å². The highest BCUT2D eigenvalue weighted by atomic mass is 35.5. The lowest BCUT2D eigenvalue weighted by atomic mass is 9.87. The summed E-state index contributed by atoms with van der Waals surface area (Å²) >= 11 is 5.92. The molecule has 2 aromatic rings. The maximum Gasteiger partial charge on any atom is 0.269 e. The summed E-state index contributed by atoms with van der Waals surface area (Å²) in [6, 6.07) is 13.5. The minimum atomic E-state index is -0.438. The molecule has 7 heteroatoms. The van der Waals surface area contributed by atoms with Gasteiger partial charge in [-0.15, -0.1) is 0 Å². The quantitative estimate of drug-likeness (QED) is 0.411. The van der Waals surface area contributed by atoms with E-state index < -0.39 is 4.92 Å². The van der Waals surface area contributed by atoms with Crippen molar-refractivity contribution in [2.75, 3.05) is 18.4 Å². The van der Waals surface area contributed by atoms with E-state index in [0.29, 0.717) is 18.1 Å². The Morgan fingerprint density at radius 1 is 1.08 bits per heavy atom. The summed E-state index contributed by atoms with van der Waals surface area (Å²) in [4.78, 5) is 22.7.